The van der Waals surface area contributed by atoms with Crippen LogP contribution >= 0.6 is 7.75 Å². The molecule has 1 fully saturated rings. The van der Waals surface area contributed by atoms with Gasteiger partial charge in [-0.25, -0.2) is 8.96 Å². The lowest BCUT2D eigenvalue weighted by Crippen LogP contribution is -2.53. The maximum absolute atomic E-state index is 13.9. The van der Waals surface area contributed by atoms with E-state index in [1.54, 1.807) is 32.0 Å². The van der Waals surface area contributed by atoms with Crippen LogP contribution in [0.1, 0.15) is 27.0 Å². The molecule has 7 N–H and O–H groups in total. The van der Waals surface area contributed by atoms with Crippen LogP contribution in [-0.4, -0.2) is 68.8 Å². The molecule has 0 amide bonds. The molecule has 14 nitrogen and oxygen atoms in total. The Hall–Kier alpha value is -3.77. The van der Waals surface area contributed by atoms with Gasteiger partial charge >= 0.3 is 13.7 Å². The lowest BCUT2D eigenvalue weighted by atomic mass is 9.91. The van der Waals surface area contributed by atoms with E-state index in [2.05, 4.69) is 26.9 Å². The molecule has 0 radical (unpaired) electrons. The van der Waals surface area contributed by atoms with E-state index in [1.807, 2.05) is 0 Å². The van der Waals surface area contributed by atoms with Gasteiger partial charge in [0.15, 0.2) is 17.4 Å². The summed E-state index contributed by atoms with van der Waals surface area (Å²) >= 11 is 0. The number of hydrogen-bond acceptors (Lipinski definition) is 11. The molecule has 1 aromatic carbocycles. The normalized spacial score (nSPS) is 24.1. The Morgan fingerprint density at radius 3 is 2.71 bits per heavy atom. The highest BCUT2D eigenvalue weighted by molar-refractivity contribution is 7.52. The van der Waals surface area contributed by atoms with Gasteiger partial charge in [0.1, 0.15) is 30.7 Å². The van der Waals surface area contributed by atoms with Crippen molar-refractivity contribution >= 4 is 30.7 Å². The molecule has 4 rings (SSSR count). The number of rotatable bonds is 10. The van der Waals surface area contributed by atoms with E-state index in [-0.39, 0.29) is 22.7 Å². The number of H-pyrrole nitrogens is 1. The SMILES string of the molecule is CC(C)OC(=O)[C@H](C)NP(=O)(OCC1O[C@@H](n2ccc3c(=O)[nH]c(N)nc32)[C@@](N)(C#CCF)C1O)Oc1ccccc1. The molecule has 1 saturated heterocycles. The lowest BCUT2D eigenvalue weighted by molar-refractivity contribution is -0.149. The van der Waals surface area contributed by atoms with Crippen LogP contribution in [0, 0.1) is 11.8 Å². The number of nitrogens with two attached hydrogens (primary N) is 2. The summed E-state index contributed by atoms with van der Waals surface area (Å²) in [5.41, 5.74) is 9.83. The number of nitrogen functional groups attached to an aromatic ring is 1. The first-order valence-corrected chi connectivity index (χ1v) is 14.4. The number of fused-ring (bicyclic) bond motifs is 1. The zero-order valence-electron chi connectivity index (χ0n) is 23.0. The molecular weight excluding hydrogens is 574 g/mol. The predicted octanol–water partition coefficient (Wildman–Crippen LogP) is 1.37. The number of carbonyl (C=O) groups is 1. The molecule has 0 bridgehead atoms. The number of benzene rings is 1. The van der Waals surface area contributed by atoms with Gasteiger partial charge in [-0.1, -0.05) is 30.0 Å². The maximum atomic E-state index is 13.9. The number of nitrogens with zero attached hydrogens (tertiary/aromatic N) is 2. The van der Waals surface area contributed by atoms with Gasteiger partial charge in [-0.15, -0.1) is 0 Å². The van der Waals surface area contributed by atoms with Crippen LogP contribution in [0.4, 0.5) is 10.3 Å². The summed E-state index contributed by atoms with van der Waals surface area (Å²) in [4.78, 5) is 31.3. The van der Waals surface area contributed by atoms with Crippen LogP contribution in [0.2, 0.25) is 0 Å². The van der Waals surface area contributed by atoms with Gasteiger partial charge in [0.2, 0.25) is 5.95 Å². The Bertz CT molecular complexity index is 1590. The number of para-hydroxylation sites is 1. The molecule has 0 saturated carbocycles. The number of ether oxygens (including phenoxy) is 2. The number of anilines is 1. The van der Waals surface area contributed by atoms with E-state index < -0.39 is 68.7 Å². The largest absolute Gasteiger partial charge is 0.462 e. The second kappa shape index (κ2) is 12.6. The highest BCUT2D eigenvalue weighted by Gasteiger charge is 2.55. The molecule has 3 aromatic rings. The van der Waals surface area contributed by atoms with E-state index in [0.29, 0.717) is 0 Å². The van der Waals surface area contributed by atoms with E-state index >= 15 is 0 Å². The molecule has 1 aliphatic rings. The number of halogens is 1. The fraction of sp³-hybridized carbons (Fsp3) is 0.423. The number of alkyl halides is 1. The van der Waals surface area contributed by atoms with Gasteiger partial charge in [-0.3, -0.25) is 19.1 Å². The van der Waals surface area contributed by atoms with Crippen molar-refractivity contribution in [1.29, 1.82) is 0 Å². The average Bonchev–Trinajstić information content (AvgIpc) is 3.45. The third kappa shape index (κ3) is 6.65. The number of aromatic nitrogens is 3. The summed E-state index contributed by atoms with van der Waals surface area (Å²) in [7, 11) is -4.33. The maximum Gasteiger partial charge on any atom is 0.459 e. The van der Waals surface area contributed by atoms with Gasteiger partial charge < -0.3 is 35.1 Å². The predicted molar refractivity (Wildman–Crippen MR) is 150 cm³/mol. The number of aliphatic hydroxyl groups is 1. The van der Waals surface area contributed by atoms with Crippen LogP contribution in [0.3, 0.4) is 0 Å². The minimum Gasteiger partial charge on any atom is -0.462 e. The first-order chi connectivity index (χ1) is 19.9. The first-order valence-electron chi connectivity index (χ1n) is 12.9. The summed E-state index contributed by atoms with van der Waals surface area (Å²) in [5, 5.41) is 13.9. The Morgan fingerprint density at radius 2 is 2.05 bits per heavy atom. The van der Waals surface area contributed by atoms with E-state index in [9.17, 15) is 23.7 Å². The van der Waals surface area contributed by atoms with Gasteiger partial charge in [0, 0.05) is 6.20 Å². The van der Waals surface area contributed by atoms with Crippen molar-refractivity contribution < 1.29 is 37.4 Å². The minimum absolute atomic E-state index is 0.0733. The number of aliphatic hydroxyl groups excluding tert-OH is 1. The number of carbonyl (C=O) groups excluding carboxylic acids is 1. The quantitative estimate of drug-likeness (QED) is 0.126. The molecule has 16 heteroatoms. The van der Waals surface area contributed by atoms with Crippen molar-refractivity contribution in [3.63, 3.8) is 0 Å². The smallest absolute Gasteiger partial charge is 0.459 e. The minimum atomic E-state index is -4.33. The van der Waals surface area contributed by atoms with Crippen molar-refractivity contribution in [1.82, 2.24) is 19.6 Å². The summed E-state index contributed by atoms with van der Waals surface area (Å²) in [6.07, 6.45) is -3.22. The Morgan fingerprint density at radius 1 is 1.33 bits per heavy atom. The van der Waals surface area contributed by atoms with Crippen LogP contribution < -0.4 is 26.6 Å². The molecule has 6 atom stereocenters. The van der Waals surface area contributed by atoms with E-state index in [1.165, 1.54) is 35.9 Å². The van der Waals surface area contributed by atoms with Crippen molar-refractivity contribution in [3.8, 4) is 17.6 Å². The second-order valence-corrected chi connectivity index (χ2v) is 11.5. The van der Waals surface area contributed by atoms with Gasteiger partial charge in [-0.2, -0.15) is 10.1 Å². The zero-order valence-corrected chi connectivity index (χ0v) is 23.9. The Balaban J connectivity index is 1.63. The fourth-order valence-electron chi connectivity index (χ4n) is 4.31. The first kappa shape index (κ1) is 31.2. The molecule has 0 aliphatic carbocycles. The number of hydrogen-bond donors (Lipinski definition) is 5. The zero-order chi connectivity index (χ0) is 30.7. The summed E-state index contributed by atoms with van der Waals surface area (Å²) in [6, 6.07) is 8.38. The van der Waals surface area contributed by atoms with Crippen molar-refractivity contribution in [2.75, 3.05) is 19.0 Å². The van der Waals surface area contributed by atoms with Crippen LogP contribution in [0.5, 0.6) is 5.75 Å². The number of esters is 1. The molecule has 3 unspecified atom stereocenters. The van der Waals surface area contributed by atoms with Crippen molar-refractivity contribution in [2.45, 2.75) is 56.9 Å². The highest BCUT2D eigenvalue weighted by Crippen LogP contribution is 2.47. The van der Waals surface area contributed by atoms with Gasteiger partial charge in [-0.05, 0) is 39.0 Å². The molecular formula is C26H32FN6O8P. The summed E-state index contributed by atoms with van der Waals surface area (Å²) in [5.74, 6) is 3.99. The molecule has 1 aliphatic heterocycles. The van der Waals surface area contributed by atoms with E-state index in [4.69, 9.17) is 30.0 Å². The van der Waals surface area contributed by atoms with Crippen molar-refractivity contribution in [2.24, 2.45) is 5.73 Å². The number of aromatic amines is 1. The molecule has 2 aromatic heterocycles. The standard InChI is InChI=1S/C26H32FN6O8P/c1-15(2)39-23(36)16(3)32-42(37,41-17-8-5-4-6-9-17)38-14-19-20(34)26(29,11-7-12-27)24(40-19)33-13-10-18-21(33)30-25(28)31-22(18)35/h4-6,8-10,13,15-16,19-20,24,34H,12,14,29H2,1-3H3,(H,32,37)(H3,28,30,31,35)/t16-,19?,20?,24+,26+,42?/m0/s1. The van der Waals surface area contributed by atoms with Crippen LogP contribution in [-0.2, 0) is 23.4 Å². The topological polar surface area (TPSA) is 206 Å². The third-order valence-electron chi connectivity index (χ3n) is 6.21. The summed E-state index contributed by atoms with van der Waals surface area (Å²) in [6.45, 7) is 3.10. The fourth-order valence-corrected chi connectivity index (χ4v) is 5.81. The van der Waals surface area contributed by atoms with Gasteiger partial charge in [0.05, 0.1) is 18.1 Å². The second-order valence-electron chi connectivity index (χ2n) is 9.79. The molecule has 3 heterocycles. The number of nitrogens with one attached hydrogen (secondary N) is 2. The van der Waals surface area contributed by atoms with Gasteiger partial charge in [0.25, 0.3) is 5.56 Å². The molecule has 0 spiro atoms. The summed E-state index contributed by atoms with van der Waals surface area (Å²) < 4.78 is 50.8. The third-order valence-corrected chi connectivity index (χ3v) is 7.86. The molecule has 226 valence electrons. The van der Waals surface area contributed by atoms with E-state index in [0.717, 1.165) is 0 Å². The monoisotopic (exact) mass is 606 g/mol. The lowest BCUT2D eigenvalue weighted by Gasteiger charge is -2.28. The Labute approximate surface area is 240 Å². The average molecular weight is 607 g/mol. The highest BCUT2D eigenvalue weighted by atomic mass is 31.2. The van der Waals surface area contributed by atoms with Crippen LogP contribution in [0.25, 0.3) is 11.0 Å². The van der Waals surface area contributed by atoms with Crippen LogP contribution in [0.15, 0.2) is 47.4 Å². The molecule has 42 heavy (non-hydrogen) atoms. The Kier molecular flexibility index (Phi) is 9.37. The van der Waals surface area contributed by atoms with Crippen molar-refractivity contribution in [3.05, 3.63) is 52.9 Å².